The Morgan fingerprint density at radius 1 is 1.24 bits per heavy atom. The molecule has 0 saturated carbocycles. The number of rotatable bonds is 4. The standard InChI is InChI=1S/C13H9ClOS2/c14-10-3-5-11(6-4-10)16-9-7-12(15)13-2-1-8-17-13/h1-9H/b9-7+. The Morgan fingerprint density at radius 2 is 2.00 bits per heavy atom. The summed E-state index contributed by atoms with van der Waals surface area (Å²) in [7, 11) is 0. The molecule has 0 aliphatic rings. The number of benzene rings is 1. The van der Waals surface area contributed by atoms with E-state index in [0.29, 0.717) is 5.02 Å². The van der Waals surface area contributed by atoms with Crippen molar-refractivity contribution >= 4 is 40.5 Å². The predicted molar refractivity (Wildman–Crippen MR) is 75.1 cm³/mol. The third kappa shape index (κ3) is 3.73. The number of carbonyl (C=O) groups excluding carboxylic acids is 1. The van der Waals surface area contributed by atoms with E-state index >= 15 is 0 Å². The molecule has 0 amide bonds. The van der Waals surface area contributed by atoms with E-state index in [1.165, 1.54) is 23.1 Å². The number of thioether (sulfide) groups is 1. The van der Waals surface area contributed by atoms with Gasteiger partial charge in [0.2, 0.25) is 0 Å². The SMILES string of the molecule is O=C(/C=C/Sc1ccc(Cl)cc1)c1cccs1. The minimum Gasteiger partial charge on any atom is -0.288 e. The largest absolute Gasteiger partial charge is 0.288 e. The van der Waals surface area contributed by atoms with Crippen LogP contribution in [0.1, 0.15) is 9.67 Å². The highest BCUT2D eigenvalue weighted by Gasteiger charge is 2.01. The molecule has 2 aromatic rings. The van der Waals surface area contributed by atoms with Crippen LogP contribution in [-0.2, 0) is 0 Å². The van der Waals surface area contributed by atoms with Crippen LogP contribution in [0.4, 0.5) is 0 Å². The van der Waals surface area contributed by atoms with Crippen LogP contribution in [0.3, 0.4) is 0 Å². The summed E-state index contributed by atoms with van der Waals surface area (Å²) in [6, 6.07) is 11.2. The van der Waals surface area contributed by atoms with Gasteiger partial charge in [0.25, 0.3) is 0 Å². The van der Waals surface area contributed by atoms with Crippen molar-refractivity contribution in [2.24, 2.45) is 0 Å². The summed E-state index contributed by atoms with van der Waals surface area (Å²) in [6.45, 7) is 0. The van der Waals surface area contributed by atoms with Crippen LogP contribution in [0.15, 0.2) is 58.2 Å². The smallest absolute Gasteiger partial charge is 0.196 e. The third-order valence-electron chi connectivity index (χ3n) is 2.00. The zero-order valence-electron chi connectivity index (χ0n) is 8.80. The van der Waals surface area contributed by atoms with Crippen LogP contribution in [0.5, 0.6) is 0 Å². The minimum atomic E-state index is 0.0430. The maximum Gasteiger partial charge on any atom is 0.196 e. The Morgan fingerprint density at radius 3 is 2.65 bits per heavy atom. The molecular weight excluding hydrogens is 272 g/mol. The topological polar surface area (TPSA) is 17.1 Å². The number of halogens is 1. The van der Waals surface area contributed by atoms with Crippen LogP contribution >= 0.6 is 34.7 Å². The van der Waals surface area contributed by atoms with Gasteiger partial charge in [0.15, 0.2) is 5.78 Å². The second-order valence-corrected chi connectivity index (χ2v) is 5.58. The molecule has 0 aliphatic heterocycles. The molecule has 17 heavy (non-hydrogen) atoms. The molecule has 1 aromatic carbocycles. The van der Waals surface area contributed by atoms with E-state index in [1.807, 2.05) is 41.8 Å². The maximum absolute atomic E-state index is 11.6. The van der Waals surface area contributed by atoms with Gasteiger partial charge in [-0.05, 0) is 47.2 Å². The molecule has 0 atom stereocenters. The lowest BCUT2D eigenvalue weighted by Crippen LogP contribution is -1.87. The summed E-state index contributed by atoms with van der Waals surface area (Å²) in [5, 5.41) is 4.41. The molecule has 1 nitrogen and oxygen atoms in total. The molecule has 0 unspecified atom stereocenters. The maximum atomic E-state index is 11.6. The van der Waals surface area contributed by atoms with Gasteiger partial charge in [-0.25, -0.2) is 0 Å². The van der Waals surface area contributed by atoms with Gasteiger partial charge in [-0.1, -0.05) is 29.4 Å². The summed E-state index contributed by atoms with van der Waals surface area (Å²) in [6.07, 6.45) is 1.59. The van der Waals surface area contributed by atoms with Crippen molar-refractivity contribution in [2.45, 2.75) is 4.90 Å². The third-order valence-corrected chi connectivity index (χ3v) is 3.95. The molecule has 2 rings (SSSR count). The van der Waals surface area contributed by atoms with Crippen molar-refractivity contribution in [1.29, 1.82) is 0 Å². The highest BCUT2D eigenvalue weighted by molar-refractivity contribution is 8.02. The molecule has 86 valence electrons. The monoisotopic (exact) mass is 280 g/mol. The second-order valence-electron chi connectivity index (χ2n) is 3.22. The number of thiophene rings is 1. The molecule has 0 N–H and O–H groups in total. The molecule has 0 fully saturated rings. The van der Waals surface area contributed by atoms with Crippen molar-refractivity contribution in [1.82, 2.24) is 0 Å². The fraction of sp³-hybridized carbons (Fsp3) is 0. The van der Waals surface area contributed by atoms with Crippen molar-refractivity contribution < 1.29 is 4.79 Å². The molecule has 1 aromatic heterocycles. The summed E-state index contributed by atoms with van der Waals surface area (Å²) in [5.41, 5.74) is 0. The molecular formula is C13H9ClOS2. The Hall–Kier alpha value is -1.03. The quantitative estimate of drug-likeness (QED) is 0.451. The zero-order chi connectivity index (χ0) is 12.1. The molecule has 1 heterocycles. The van der Waals surface area contributed by atoms with Crippen LogP contribution < -0.4 is 0 Å². The van der Waals surface area contributed by atoms with Gasteiger partial charge in [0.1, 0.15) is 0 Å². The highest BCUT2D eigenvalue weighted by Crippen LogP contribution is 2.21. The van der Waals surface area contributed by atoms with E-state index in [-0.39, 0.29) is 5.78 Å². The Balaban J connectivity index is 1.94. The van der Waals surface area contributed by atoms with Gasteiger partial charge in [0.05, 0.1) is 4.88 Å². The van der Waals surface area contributed by atoms with E-state index < -0.39 is 0 Å². The molecule has 0 bridgehead atoms. The Labute approximate surface area is 113 Å². The zero-order valence-corrected chi connectivity index (χ0v) is 11.2. The lowest BCUT2D eigenvalue weighted by Gasteiger charge is -1.95. The van der Waals surface area contributed by atoms with Gasteiger partial charge < -0.3 is 0 Å². The number of allylic oxidation sites excluding steroid dienone is 1. The average molecular weight is 281 g/mol. The Kier molecular flexibility index (Phi) is 4.42. The number of carbonyl (C=O) groups is 1. The minimum absolute atomic E-state index is 0.0430. The first-order chi connectivity index (χ1) is 8.25. The van der Waals surface area contributed by atoms with Crippen molar-refractivity contribution in [3.05, 3.63) is 63.2 Å². The lowest BCUT2D eigenvalue weighted by atomic mass is 10.3. The lowest BCUT2D eigenvalue weighted by molar-refractivity contribution is 0.105. The van der Waals surface area contributed by atoms with E-state index in [4.69, 9.17) is 11.6 Å². The van der Waals surface area contributed by atoms with Crippen molar-refractivity contribution in [3.8, 4) is 0 Å². The van der Waals surface area contributed by atoms with Crippen molar-refractivity contribution in [3.63, 3.8) is 0 Å². The van der Waals surface area contributed by atoms with E-state index in [0.717, 1.165) is 9.77 Å². The first kappa shape index (κ1) is 12.4. The fourth-order valence-corrected chi connectivity index (χ4v) is 2.60. The summed E-state index contributed by atoms with van der Waals surface area (Å²) in [4.78, 5) is 13.5. The van der Waals surface area contributed by atoms with E-state index in [2.05, 4.69) is 0 Å². The summed E-state index contributed by atoms with van der Waals surface area (Å²) in [5.74, 6) is 0.0430. The van der Waals surface area contributed by atoms with E-state index in [9.17, 15) is 4.79 Å². The van der Waals surface area contributed by atoms with Gasteiger partial charge in [-0.2, -0.15) is 0 Å². The van der Waals surface area contributed by atoms with E-state index in [1.54, 1.807) is 11.5 Å². The predicted octanol–water partition coefficient (Wildman–Crippen LogP) is 4.89. The molecule has 0 radical (unpaired) electrons. The fourth-order valence-electron chi connectivity index (χ4n) is 1.19. The molecule has 0 spiro atoms. The van der Waals surface area contributed by atoms with Crippen molar-refractivity contribution in [2.75, 3.05) is 0 Å². The second kappa shape index (κ2) is 6.05. The molecule has 0 saturated heterocycles. The van der Waals surface area contributed by atoms with Crippen LogP contribution in [-0.4, -0.2) is 5.78 Å². The highest BCUT2D eigenvalue weighted by atomic mass is 35.5. The first-order valence-corrected chi connectivity index (χ1v) is 7.06. The van der Waals surface area contributed by atoms with Crippen LogP contribution in [0.25, 0.3) is 0 Å². The normalized spacial score (nSPS) is 10.9. The van der Waals surface area contributed by atoms with Gasteiger partial charge in [-0.3, -0.25) is 4.79 Å². The van der Waals surface area contributed by atoms with Gasteiger partial charge in [-0.15, -0.1) is 11.3 Å². The first-order valence-electron chi connectivity index (χ1n) is 4.92. The average Bonchev–Trinajstić information content (AvgIpc) is 2.85. The van der Waals surface area contributed by atoms with Gasteiger partial charge in [0, 0.05) is 9.92 Å². The van der Waals surface area contributed by atoms with Crippen LogP contribution in [0.2, 0.25) is 5.02 Å². The van der Waals surface area contributed by atoms with Gasteiger partial charge >= 0.3 is 0 Å². The van der Waals surface area contributed by atoms with Crippen LogP contribution in [0, 0.1) is 0 Å². The number of hydrogen-bond donors (Lipinski definition) is 0. The Bertz CT molecular complexity index is 515. The molecule has 0 aliphatic carbocycles. The summed E-state index contributed by atoms with van der Waals surface area (Å²) < 4.78 is 0. The number of hydrogen-bond acceptors (Lipinski definition) is 3. The summed E-state index contributed by atoms with van der Waals surface area (Å²) >= 11 is 8.73. The molecule has 4 heteroatoms. The number of ketones is 1.